The Hall–Kier alpha value is -2.00. The number of piperidine rings is 1. The SMILES string of the molecule is CCN(CC)S(=O)(=O)c1ccc(/C=C/C(=O)NCC2CCN(Cc3cccs3)CC2)cc1. The molecule has 1 N–H and O–H groups in total. The largest absolute Gasteiger partial charge is 0.352 e. The Morgan fingerprint density at radius 2 is 1.84 bits per heavy atom. The highest BCUT2D eigenvalue weighted by Crippen LogP contribution is 2.20. The molecule has 0 aliphatic carbocycles. The van der Waals surface area contributed by atoms with Gasteiger partial charge in [-0.3, -0.25) is 9.69 Å². The van der Waals surface area contributed by atoms with Gasteiger partial charge in [-0.05, 0) is 67.1 Å². The van der Waals surface area contributed by atoms with E-state index < -0.39 is 10.0 Å². The number of carbonyl (C=O) groups is 1. The van der Waals surface area contributed by atoms with Gasteiger partial charge in [0.2, 0.25) is 15.9 Å². The van der Waals surface area contributed by atoms with E-state index in [0.29, 0.717) is 25.6 Å². The van der Waals surface area contributed by atoms with Gasteiger partial charge in [-0.1, -0.05) is 32.0 Å². The van der Waals surface area contributed by atoms with Crippen LogP contribution in [0.25, 0.3) is 6.08 Å². The van der Waals surface area contributed by atoms with E-state index in [1.807, 2.05) is 13.8 Å². The third-order valence-corrected chi connectivity index (χ3v) is 8.81. The Labute approximate surface area is 196 Å². The second kappa shape index (κ2) is 11.7. The van der Waals surface area contributed by atoms with E-state index in [4.69, 9.17) is 0 Å². The Balaban J connectivity index is 1.43. The third-order valence-electron chi connectivity index (χ3n) is 5.88. The van der Waals surface area contributed by atoms with Crippen LogP contribution in [-0.2, 0) is 21.4 Å². The van der Waals surface area contributed by atoms with Crippen LogP contribution in [0.1, 0.15) is 37.1 Å². The van der Waals surface area contributed by atoms with Crippen molar-refractivity contribution >= 4 is 33.3 Å². The minimum absolute atomic E-state index is 0.120. The Morgan fingerprint density at radius 3 is 2.44 bits per heavy atom. The molecule has 0 saturated carbocycles. The van der Waals surface area contributed by atoms with Crippen LogP contribution in [0.2, 0.25) is 0 Å². The summed E-state index contributed by atoms with van der Waals surface area (Å²) in [5.74, 6) is 0.391. The molecule has 6 nitrogen and oxygen atoms in total. The summed E-state index contributed by atoms with van der Waals surface area (Å²) in [5.41, 5.74) is 0.792. The maximum atomic E-state index is 12.5. The van der Waals surface area contributed by atoms with Gasteiger partial charge in [0, 0.05) is 37.1 Å². The molecule has 2 heterocycles. The molecule has 3 rings (SSSR count). The molecule has 1 fully saturated rings. The fourth-order valence-corrected chi connectivity index (χ4v) is 6.12. The second-order valence-electron chi connectivity index (χ2n) is 8.04. The van der Waals surface area contributed by atoms with Crippen molar-refractivity contribution in [2.75, 3.05) is 32.7 Å². The highest BCUT2D eigenvalue weighted by atomic mass is 32.2. The number of likely N-dealkylation sites (tertiary alicyclic amines) is 1. The molecule has 1 aliphatic heterocycles. The number of rotatable bonds is 10. The van der Waals surface area contributed by atoms with Crippen LogP contribution in [0.4, 0.5) is 0 Å². The Bertz CT molecular complexity index is 974. The first kappa shape index (κ1) is 24.6. The Morgan fingerprint density at radius 1 is 1.16 bits per heavy atom. The maximum Gasteiger partial charge on any atom is 0.244 e. The number of nitrogens with zero attached hydrogens (tertiary/aromatic N) is 2. The minimum atomic E-state index is -3.46. The van der Waals surface area contributed by atoms with Gasteiger partial charge in [0.15, 0.2) is 0 Å². The van der Waals surface area contributed by atoms with E-state index in [1.54, 1.807) is 41.7 Å². The molecule has 0 atom stereocenters. The number of hydrogen-bond acceptors (Lipinski definition) is 5. The molecule has 1 aromatic carbocycles. The lowest BCUT2D eigenvalue weighted by Gasteiger charge is -2.31. The van der Waals surface area contributed by atoms with Crippen molar-refractivity contribution in [3.8, 4) is 0 Å². The van der Waals surface area contributed by atoms with Crippen LogP contribution in [-0.4, -0.2) is 56.3 Å². The molecule has 0 radical (unpaired) electrons. The molecule has 1 aromatic heterocycles. The summed E-state index contributed by atoms with van der Waals surface area (Å²) in [6.07, 6.45) is 5.42. The van der Waals surface area contributed by atoms with Crippen LogP contribution in [0, 0.1) is 5.92 Å². The van der Waals surface area contributed by atoms with Crippen LogP contribution in [0.15, 0.2) is 52.7 Å². The maximum absolute atomic E-state index is 12.5. The van der Waals surface area contributed by atoms with Crippen molar-refractivity contribution in [1.82, 2.24) is 14.5 Å². The number of thiophene rings is 1. The van der Waals surface area contributed by atoms with Crippen molar-refractivity contribution < 1.29 is 13.2 Å². The summed E-state index contributed by atoms with van der Waals surface area (Å²) in [6, 6.07) is 10.9. The third kappa shape index (κ3) is 6.75. The van der Waals surface area contributed by atoms with E-state index >= 15 is 0 Å². The normalized spacial score (nSPS) is 16.1. The molecule has 1 saturated heterocycles. The number of sulfonamides is 1. The first-order chi connectivity index (χ1) is 15.4. The standard InChI is InChI=1S/C24H33N3O3S2/c1-3-27(4-2)32(29,30)23-10-7-20(8-11-23)9-12-24(28)25-18-21-13-15-26(16-14-21)19-22-6-5-17-31-22/h5-12,17,21H,3-4,13-16,18-19H2,1-2H3,(H,25,28)/b12-9+. The predicted octanol–water partition coefficient (Wildman–Crippen LogP) is 3.82. The highest BCUT2D eigenvalue weighted by Gasteiger charge is 2.21. The van der Waals surface area contributed by atoms with Crippen molar-refractivity contribution in [2.24, 2.45) is 5.92 Å². The smallest absolute Gasteiger partial charge is 0.244 e. The summed E-state index contributed by atoms with van der Waals surface area (Å²) in [7, 11) is -3.46. The van der Waals surface area contributed by atoms with Gasteiger partial charge < -0.3 is 5.32 Å². The zero-order chi connectivity index (χ0) is 23.0. The van der Waals surface area contributed by atoms with Gasteiger partial charge in [0.1, 0.15) is 0 Å². The van der Waals surface area contributed by atoms with Crippen LogP contribution in [0.5, 0.6) is 0 Å². The zero-order valence-corrected chi connectivity index (χ0v) is 20.5. The molecule has 32 heavy (non-hydrogen) atoms. The highest BCUT2D eigenvalue weighted by molar-refractivity contribution is 7.89. The van der Waals surface area contributed by atoms with Gasteiger partial charge in [-0.25, -0.2) is 8.42 Å². The van der Waals surface area contributed by atoms with Gasteiger partial charge in [-0.2, -0.15) is 4.31 Å². The van der Waals surface area contributed by atoms with E-state index in [1.165, 1.54) is 15.3 Å². The fraction of sp³-hybridized carbons (Fsp3) is 0.458. The van der Waals surface area contributed by atoms with Gasteiger partial charge in [-0.15, -0.1) is 11.3 Å². The van der Waals surface area contributed by atoms with E-state index in [0.717, 1.165) is 38.0 Å². The molecular formula is C24H33N3O3S2. The number of nitrogens with one attached hydrogen (secondary N) is 1. The second-order valence-corrected chi connectivity index (χ2v) is 11.0. The molecule has 0 unspecified atom stereocenters. The fourth-order valence-electron chi connectivity index (χ4n) is 3.91. The van der Waals surface area contributed by atoms with Gasteiger partial charge in [0.25, 0.3) is 0 Å². The molecule has 1 aliphatic rings. The number of amides is 1. The van der Waals surface area contributed by atoms with Crippen molar-refractivity contribution in [3.05, 3.63) is 58.3 Å². The summed E-state index contributed by atoms with van der Waals surface area (Å²) in [4.78, 5) is 16.4. The topological polar surface area (TPSA) is 69.7 Å². The van der Waals surface area contributed by atoms with Gasteiger partial charge >= 0.3 is 0 Å². The van der Waals surface area contributed by atoms with Gasteiger partial charge in [0.05, 0.1) is 4.90 Å². The number of carbonyl (C=O) groups excluding carboxylic acids is 1. The first-order valence-corrected chi connectivity index (χ1v) is 13.5. The molecule has 0 spiro atoms. The summed E-state index contributed by atoms with van der Waals surface area (Å²) in [5, 5.41) is 5.12. The number of hydrogen-bond donors (Lipinski definition) is 1. The number of benzene rings is 1. The lowest BCUT2D eigenvalue weighted by molar-refractivity contribution is -0.116. The Kier molecular flexibility index (Phi) is 9.04. The molecular weight excluding hydrogens is 442 g/mol. The van der Waals surface area contributed by atoms with E-state index in [9.17, 15) is 13.2 Å². The van der Waals surface area contributed by atoms with Crippen molar-refractivity contribution in [2.45, 2.75) is 38.1 Å². The summed E-state index contributed by atoms with van der Waals surface area (Å²) in [6.45, 7) is 8.37. The lowest BCUT2D eigenvalue weighted by Crippen LogP contribution is -2.37. The first-order valence-electron chi connectivity index (χ1n) is 11.2. The van der Waals surface area contributed by atoms with E-state index in [-0.39, 0.29) is 10.8 Å². The molecule has 0 bridgehead atoms. The lowest BCUT2D eigenvalue weighted by atomic mass is 9.97. The average Bonchev–Trinajstić information content (AvgIpc) is 3.31. The van der Waals surface area contributed by atoms with Crippen LogP contribution in [0.3, 0.4) is 0 Å². The zero-order valence-electron chi connectivity index (χ0n) is 18.9. The van der Waals surface area contributed by atoms with Crippen LogP contribution >= 0.6 is 11.3 Å². The summed E-state index contributed by atoms with van der Waals surface area (Å²) >= 11 is 1.80. The predicted molar refractivity (Wildman–Crippen MR) is 131 cm³/mol. The van der Waals surface area contributed by atoms with E-state index in [2.05, 4.69) is 27.7 Å². The molecule has 1 amide bonds. The quantitative estimate of drug-likeness (QED) is 0.531. The van der Waals surface area contributed by atoms with Crippen molar-refractivity contribution in [3.63, 3.8) is 0 Å². The monoisotopic (exact) mass is 475 g/mol. The molecule has 8 heteroatoms. The van der Waals surface area contributed by atoms with Crippen LogP contribution < -0.4 is 5.32 Å². The molecule has 174 valence electrons. The van der Waals surface area contributed by atoms with Crippen molar-refractivity contribution in [1.29, 1.82) is 0 Å². The minimum Gasteiger partial charge on any atom is -0.352 e. The summed E-state index contributed by atoms with van der Waals surface area (Å²) < 4.78 is 26.5. The molecule has 2 aromatic rings. The average molecular weight is 476 g/mol.